The van der Waals surface area contributed by atoms with Gasteiger partial charge in [-0.2, -0.15) is 0 Å². The summed E-state index contributed by atoms with van der Waals surface area (Å²) in [5.41, 5.74) is 5.20. The molecule has 4 aliphatic heterocycles. The highest BCUT2D eigenvalue weighted by Gasteiger charge is 2.61. The first-order valence-corrected chi connectivity index (χ1v) is 22.5. The van der Waals surface area contributed by atoms with Crippen molar-refractivity contribution >= 4 is 61.2 Å². The SMILES string of the molecule is CC(C)C12CCC(C)(O1)C(O)C2.CCc1ccccc1C.Cc1ccccc1COC1CC2(C(C)C)CCC1(C)O2.I.II. The first-order valence-electron chi connectivity index (χ1n) is 16.2. The van der Waals surface area contributed by atoms with Crippen molar-refractivity contribution in [2.75, 3.05) is 0 Å². The predicted molar refractivity (Wildman–Crippen MR) is 212 cm³/mol. The first-order chi connectivity index (χ1) is 20.3. The summed E-state index contributed by atoms with van der Waals surface area (Å²) in [7, 11) is 0. The Kier molecular flexibility index (Phi) is 15.9. The van der Waals surface area contributed by atoms with Crippen LogP contribution in [0.3, 0.4) is 0 Å². The maximum absolute atomic E-state index is 9.77. The van der Waals surface area contributed by atoms with E-state index in [2.05, 4.69) is 141 Å². The number of benzene rings is 2. The highest BCUT2D eigenvalue weighted by Crippen LogP contribution is 2.55. The van der Waals surface area contributed by atoms with Gasteiger partial charge in [-0.1, -0.05) is 83.1 Å². The highest BCUT2D eigenvalue weighted by molar-refractivity contribution is 15.0. The summed E-state index contributed by atoms with van der Waals surface area (Å²) in [4.78, 5) is 0. The van der Waals surface area contributed by atoms with Crippen LogP contribution in [-0.2, 0) is 27.2 Å². The maximum atomic E-state index is 9.77. The third-order valence-corrected chi connectivity index (χ3v) is 10.9. The normalized spacial score (nSPS) is 32.7. The Labute approximate surface area is 308 Å². The molecule has 0 spiro atoms. The summed E-state index contributed by atoms with van der Waals surface area (Å²) >= 11 is 4.24. The van der Waals surface area contributed by atoms with Gasteiger partial charge in [0.25, 0.3) is 0 Å². The van der Waals surface area contributed by atoms with Crippen LogP contribution in [0, 0.1) is 25.7 Å². The van der Waals surface area contributed by atoms with E-state index in [4.69, 9.17) is 14.2 Å². The molecule has 6 rings (SSSR count). The molecule has 4 saturated heterocycles. The van der Waals surface area contributed by atoms with Crippen LogP contribution in [0.15, 0.2) is 48.5 Å². The highest BCUT2D eigenvalue weighted by atomic mass is 128. The van der Waals surface area contributed by atoms with E-state index >= 15 is 0 Å². The van der Waals surface area contributed by atoms with E-state index in [-0.39, 0.29) is 58.6 Å². The van der Waals surface area contributed by atoms with Crippen LogP contribution in [0.2, 0.25) is 0 Å². The van der Waals surface area contributed by atoms with Crippen molar-refractivity contribution in [2.45, 2.75) is 148 Å². The number of fused-ring (bicyclic) bond motifs is 4. The quantitative estimate of drug-likeness (QED) is 0.293. The number of ether oxygens (including phenoxy) is 3. The van der Waals surface area contributed by atoms with Gasteiger partial charge in [0.2, 0.25) is 0 Å². The third kappa shape index (κ3) is 9.12. The number of aliphatic hydroxyl groups is 1. The van der Waals surface area contributed by atoms with Gasteiger partial charge in [-0.15, -0.1) is 24.0 Å². The van der Waals surface area contributed by atoms with E-state index in [0.717, 1.165) is 38.5 Å². The molecule has 0 aromatic heterocycles. The molecule has 2 aromatic carbocycles. The molecule has 7 heteroatoms. The average molecular weight is 947 g/mol. The number of halogens is 3. The Morgan fingerprint density at radius 2 is 1.23 bits per heavy atom. The van der Waals surface area contributed by atoms with E-state index in [9.17, 15) is 5.11 Å². The fraction of sp³-hybridized carbons (Fsp3) is 0.676. The number of aliphatic hydroxyl groups excluding tert-OH is 1. The average Bonchev–Trinajstić information content (AvgIpc) is 3.69. The smallest absolute Gasteiger partial charge is 0.0924 e. The minimum absolute atomic E-state index is 0. The molecule has 250 valence electrons. The largest absolute Gasteiger partial charge is 0.390 e. The molecule has 0 amide bonds. The molecular weight excluding hydrogens is 889 g/mol. The van der Waals surface area contributed by atoms with Gasteiger partial charge >= 0.3 is 0 Å². The van der Waals surface area contributed by atoms with E-state index in [0.29, 0.717) is 18.4 Å². The third-order valence-electron chi connectivity index (χ3n) is 10.9. The van der Waals surface area contributed by atoms with Gasteiger partial charge in [-0.05, 0) is 93.9 Å². The predicted octanol–water partition coefficient (Wildman–Crippen LogP) is 10.9. The summed E-state index contributed by atoms with van der Waals surface area (Å²) in [5.74, 6) is 1.09. The molecule has 44 heavy (non-hydrogen) atoms. The molecule has 6 unspecified atom stereocenters. The molecule has 2 aromatic rings. The lowest BCUT2D eigenvalue weighted by molar-refractivity contribution is -0.0960. The maximum Gasteiger partial charge on any atom is 0.0924 e. The van der Waals surface area contributed by atoms with Crippen LogP contribution in [-0.4, -0.2) is 39.7 Å². The first kappa shape index (κ1) is 40.6. The second-order valence-electron chi connectivity index (χ2n) is 14.2. The van der Waals surface area contributed by atoms with Crippen LogP contribution in [0.4, 0.5) is 0 Å². The van der Waals surface area contributed by atoms with Gasteiger partial charge in [0, 0.05) is 50.1 Å². The summed E-state index contributed by atoms with van der Waals surface area (Å²) in [6, 6.07) is 17.0. The molecule has 4 fully saturated rings. The topological polar surface area (TPSA) is 47.9 Å². The van der Waals surface area contributed by atoms with Gasteiger partial charge in [-0.3, -0.25) is 0 Å². The summed E-state index contributed by atoms with van der Waals surface area (Å²) in [6.45, 7) is 20.4. The number of rotatable bonds is 6. The van der Waals surface area contributed by atoms with Crippen molar-refractivity contribution in [3.05, 3.63) is 70.8 Å². The van der Waals surface area contributed by atoms with Gasteiger partial charge in [0.15, 0.2) is 0 Å². The van der Waals surface area contributed by atoms with E-state index < -0.39 is 0 Å². The number of hydrogen-bond acceptors (Lipinski definition) is 4. The van der Waals surface area contributed by atoms with Crippen molar-refractivity contribution in [2.24, 2.45) is 11.8 Å². The fourth-order valence-electron chi connectivity index (χ4n) is 7.36. The molecular formula is C37H57I3O4. The molecule has 4 bridgehead atoms. The molecule has 6 atom stereocenters. The van der Waals surface area contributed by atoms with Crippen LogP contribution in [0.1, 0.15) is 109 Å². The molecule has 0 saturated carbocycles. The van der Waals surface area contributed by atoms with Crippen molar-refractivity contribution < 1.29 is 19.3 Å². The van der Waals surface area contributed by atoms with Crippen LogP contribution >= 0.6 is 61.2 Å². The monoisotopic (exact) mass is 946 g/mol. The van der Waals surface area contributed by atoms with Crippen molar-refractivity contribution in [1.82, 2.24) is 0 Å². The van der Waals surface area contributed by atoms with Crippen LogP contribution in [0.5, 0.6) is 0 Å². The van der Waals surface area contributed by atoms with Crippen LogP contribution in [0.25, 0.3) is 0 Å². The Bertz CT molecular complexity index is 1170. The number of hydrogen-bond donors (Lipinski definition) is 1. The zero-order chi connectivity index (χ0) is 32.1. The minimum Gasteiger partial charge on any atom is -0.390 e. The van der Waals surface area contributed by atoms with Gasteiger partial charge in [0.05, 0.1) is 41.2 Å². The Morgan fingerprint density at radius 3 is 1.59 bits per heavy atom. The standard InChI is InChI=1S/C18H26O2.C10H18O2.C9H12.I2.HI/c1-13(2)18-10-9-17(4,20-18)16(11-18)19-12-15-8-6-5-7-14(15)3;1-7(2)10-5-4-9(3,12-10)8(11)6-10;1-3-9-7-5-4-6-8(9)2;1-2;/h5-8,13,16H,9-12H2,1-4H3;7-8,11H,4-6H2,1-3H3;4-7H,3H2,1-2H3;;1H. The van der Waals surface area contributed by atoms with Gasteiger partial charge < -0.3 is 19.3 Å². The molecule has 4 heterocycles. The Hall–Kier alpha value is 0.470. The second kappa shape index (κ2) is 17.2. The van der Waals surface area contributed by atoms with Crippen LogP contribution < -0.4 is 0 Å². The lowest BCUT2D eigenvalue weighted by Crippen LogP contribution is -2.38. The summed E-state index contributed by atoms with van der Waals surface area (Å²) in [5, 5.41) is 9.77. The van der Waals surface area contributed by atoms with E-state index in [1.165, 1.54) is 28.7 Å². The molecule has 4 nitrogen and oxygen atoms in total. The number of aryl methyl sites for hydroxylation is 3. The van der Waals surface area contributed by atoms with Crippen molar-refractivity contribution in [1.29, 1.82) is 0 Å². The van der Waals surface area contributed by atoms with E-state index in [1.807, 2.05) is 6.92 Å². The Balaban J connectivity index is 0.000000241. The molecule has 0 aliphatic carbocycles. The van der Waals surface area contributed by atoms with Gasteiger partial charge in [-0.25, -0.2) is 0 Å². The molecule has 4 aliphatic rings. The van der Waals surface area contributed by atoms with E-state index in [1.54, 1.807) is 0 Å². The second-order valence-corrected chi connectivity index (χ2v) is 14.2. The zero-order valence-corrected chi connectivity index (χ0v) is 35.1. The van der Waals surface area contributed by atoms with Crippen molar-refractivity contribution in [3.8, 4) is 0 Å². The van der Waals surface area contributed by atoms with Gasteiger partial charge in [0.1, 0.15) is 0 Å². The zero-order valence-electron chi connectivity index (χ0n) is 28.4. The molecule has 0 radical (unpaired) electrons. The summed E-state index contributed by atoms with van der Waals surface area (Å²) in [6.07, 6.45) is 7.48. The van der Waals surface area contributed by atoms with Crippen molar-refractivity contribution in [3.63, 3.8) is 0 Å². The molecule has 1 N–H and O–H groups in total. The lowest BCUT2D eigenvalue weighted by atomic mass is 9.75. The minimum atomic E-state index is -0.242. The summed E-state index contributed by atoms with van der Waals surface area (Å²) < 4.78 is 18.6. The lowest BCUT2D eigenvalue weighted by Gasteiger charge is -2.31. The Morgan fingerprint density at radius 1 is 0.773 bits per heavy atom. The fourth-order valence-corrected chi connectivity index (χ4v) is 7.36.